The first-order chi connectivity index (χ1) is 8.11. The molecule has 4 heteroatoms. The summed E-state index contributed by atoms with van der Waals surface area (Å²) in [7, 11) is 0. The number of piperidine rings is 1. The molecule has 94 valence electrons. The zero-order chi connectivity index (χ0) is 12.3. The van der Waals surface area contributed by atoms with E-state index in [1.54, 1.807) is 0 Å². The van der Waals surface area contributed by atoms with Crippen molar-refractivity contribution in [1.82, 2.24) is 10.2 Å². The van der Waals surface area contributed by atoms with Crippen LogP contribution in [0.25, 0.3) is 0 Å². The highest BCUT2D eigenvalue weighted by Crippen LogP contribution is 2.29. The second-order valence-corrected chi connectivity index (χ2v) is 5.70. The summed E-state index contributed by atoms with van der Waals surface area (Å²) in [6, 6.07) is 2.38. The molecule has 17 heavy (non-hydrogen) atoms. The summed E-state index contributed by atoms with van der Waals surface area (Å²) in [6.45, 7) is 5.08. The molecule has 0 aromatic rings. The molecule has 0 unspecified atom stereocenters. The van der Waals surface area contributed by atoms with Gasteiger partial charge in [0.1, 0.15) is 0 Å². The Labute approximate surface area is 103 Å². The Hall–Kier alpha value is -1.08. The monoisotopic (exact) mass is 235 g/mol. The lowest BCUT2D eigenvalue weighted by Gasteiger charge is -2.34. The fourth-order valence-electron chi connectivity index (χ4n) is 2.16. The zero-order valence-corrected chi connectivity index (χ0v) is 10.5. The standard InChI is InChI=1S/C13H21N3O/c1-13(10-14)4-6-16(7-5-13)9-12(17)15-8-11-2-3-11/h11H,2-9H2,1H3,(H,15,17). The number of amides is 1. The lowest BCUT2D eigenvalue weighted by atomic mass is 9.82. The maximum Gasteiger partial charge on any atom is 0.234 e. The van der Waals surface area contributed by atoms with Gasteiger partial charge in [-0.05, 0) is 38.5 Å². The van der Waals surface area contributed by atoms with Crippen LogP contribution in [-0.4, -0.2) is 37.0 Å². The summed E-state index contributed by atoms with van der Waals surface area (Å²) in [6.07, 6.45) is 4.29. The molecule has 0 radical (unpaired) electrons. The van der Waals surface area contributed by atoms with Gasteiger partial charge in [-0.25, -0.2) is 0 Å². The van der Waals surface area contributed by atoms with Crippen molar-refractivity contribution in [1.29, 1.82) is 5.26 Å². The summed E-state index contributed by atoms with van der Waals surface area (Å²) in [5.74, 6) is 0.875. The van der Waals surface area contributed by atoms with Gasteiger partial charge in [0.2, 0.25) is 5.91 Å². The molecule has 1 saturated carbocycles. The van der Waals surface area contributed by atoms with Crippen LogP contribution < -0.4 is 5.32 Å². The number of carbonyl (C=O) groups is 1. The van der Waals surface area contributed by atoms with Crippen LogP contribution in [0.3, 0.4) is 0 Å². The third-order valence-corrected chi connectivity index (χ3v) is 3.88. The number of nitrogens with one attached hydrogen (secondary N) is 1. The van der Waals surface area contributed by atoms with Gasteiger partial charge in [0.25, 0.3) is 0 Å². The molecule has 1 N–H and O–H groups in total. The number of rotatable bonds is 4. The number of nitrogens with zero attached hydrogens (tertiary/aromatic N) is 2. The summed E-state index contributed by atoms with van der Waals surface area (Å²) < 4.78 is 0. The summed E-state index contributed by atoms with van der Waals surface area (Å²) >= 11 is 0. The van der Waals surface area contributed by atoms with E-state index in [1.165, 1.54) is 12.8 Å². The van der Waals surface area contributed by atoms with Gasteiger partial charge in [-0.1, -0.05) is 0 Å². The smallest absolute Gasteiger partial charge is 0.234 e. The van der Waals surface area contributed by atoms with E-state index >= 15 is 0 Å². The fourth-order valence-corrected chi connectivity index (χ4v) is 2.16. The molecular weight excluding hydrogens is 214 g/mol. The Balaban J connectivity index is 1.66. The van der Waals surface area contributed by atoms with Crippen LogP contribution >= 0.6 is 0 Å². The van der Waals surface area contributed by atoms with Gasteiger partial charge in [-0.15, -0.1) is 0 Å². The lowest BCUT2D eigenvalue weighted by Crippen LogP contribution is -2.44. The highest BCUT2D eigenvalue weighted by atomic mass is 16.2. The molecule has 1 heterocycles. The number of nitriles is 1. The van der Waals surface area contributed by atoms with Crippen molar-refractivity contribution < 1.29 is 4.79 Å². The molecule has 0 spiro atoms. The average Bonchev–Trinajstić information content (AvgIpc) is 3.14. The molecule has 0 aromatic heterocycles. The van der Waals surface area contributed by atoms with Crippen molar-refractivity contribution in [2.24, 2.45) is 11.3 Å². The summed E-state index contributed by atoms with van der Waals surface area (Å²) in [5.41, 5.74) is -0.180. The van der Waals surface area contributed by atoms with Crippen LogP contribution in [0.15, 0.2) is 0 Å². The highest BCUT2D eigenvalue weighted by Gasteiger charge is 2.30. The van der Waals surface area contributed by atoms with Gasteiger partial charge >= 0.3 is 0 Å². The van der Waals surface area contributed by atoms with Crippen molar-refractivity contribution in [3.8, 4) is 6.07 Å². The van der Waals surface area contributed by atoms with Crippen molar-refractivity contribution in [2.75, 3.05) is 26.2 Å². The second kappa shape index (κ2) is 5.05. The Morgan fingerprint density at radius 1 is 1.47 bits per heavy atom. The van der Waals surface area contributed by atoms with Crippen LogP contribution in [0.4, 0.5) is 0 Å². The van der Waals surface area contributed by atoms with Gasteiger partial charge < -0.3 is 5.32 Å². The van der Waals surface area contributed by atoms with Crippen molar-refractivity contribution in [3.63, 3.8) is 0 Å². The average molecular weight is 235 g/mol. The van der Waals surface area contributed by atoms with E-state index in [9.17, 15) is 4.79 Å². The van der Waals surface area contributed by atoms with E-state index in [0.717, 1.165) is 38.4 Å². The molecule has 2 aliphatic rings. The van der Waals surface area contributed by atoms with Gasteiger partial charge in [-0.2, -0.15) is 5.26 Å². The van der Waals surface area contributed by atoms with Crippen molar-refractivity contribution in [3.05, 3.63) is 0 Å². The van der Waals surface area contributed by atoms with E-state index in [2.05, 4.69) is 16.3 Å². The largest absolute Gasteiger partial charge is 0.355 e. The molecular formula is C13H21N3O. The topological polar surface area (TPSA) is 56.1 Å². The molecule has 1 aliphatic carbocycles. The van der Waals surface area contributed by atoms with Gasteiger partial charge in [0.15, 0.2) is 0 Å². The van der Waals surface area contributed by atoms with Crippen molar-refractivity contribution in [2.45, 2.75) is 32.6 Å². The quantitative estimate of drug-likeness (QED) is 0.795. The molecule has 1 aliphatic heterocycles. The minimum Gasteiger partial charge on any atom is -0.355 e. The first kappa shape index (κ1) is 12.4. The van der Waals surface area contributed by atoms with Crippen LogP contribution in [0.2, 0.25) is 0 Å². The van der Waals surface area contributed by atoms with Gasteiger partial charge in [0.05, 0.1) is 18.0 Å². The molecule has 4 nitrogen and oxygen atoms in total. The van der Waals surface area contributed by atoms with Crippen LogP contribution in [0.1, 0.15) is 32.6 Å². The third-order valence-electron chi connectivity index (χ3n) is 3.88. The Morgan fingerprint density at radius 3 is 2.65 bits per heavy atom. The van der Waals surface area contributed by atoms with E-state index in [-0.39, 0.29) is 11.3 Å². The van der Waals surface area contributed by atoms with Crippen LogP contribution in [0, 0.1) is 22.7 Å². The van der Waals surface area contributed by atoms with E-state index < -0.39 is 0 Å². The predicted molar refractivity (Wildman–Crippen MR) is 65.1 cm³/mol. The van der Waals surface area contributed by atoms with Crippen LogP contribution in [-0.2, 0) is 4.79 Å². The minimum absolute atomic E-state index is 0.137. The number of hydrogen-bond donors (Lipinski definition) is 1. The van der Waals surface area contributed by atoms with E-state index in [1.807, 2.05) is 6.92 Å². The first-order valence-electron chi connectivity index (χ1n) is 6.52. The third kappa shape index (κ3) is 3.71. The fraction of sp³-hybridized carbons (Fsp3) is 0.846. The predicted octanol–water partition coefficient (Wildman–Crippen LogP) is 1.14. The molecule has 0 atom stereocenters. The molecule has 1 amide bonds. The first-order valence-corrected chi connectivity index (χ1v) is 6.52. The summed E-state index contributed by atoms with van der Waals surface area (Å²) in [5, 5.41) is 12.0. The number of hydrogen-bond acceptors (Lipinski definition) is 3. The number of carbonyl (C=O) groups excluding carboxylic acids is 1. The molecule has 2 rings (SSSR count). The Morgan fingerprint density at radius 2 is 2.12 bits per heavy atom. The highest BCUT2D eigenvalue weighted by molar-refractivity contribution is 5.78. The maximum absolute atomic E-state index is 11.7. The van der Waals surface area contributed by atoms with E-state index in [4.69, 9.17) is 5.26 Å². The molecule has 2 fully saturated rings. The Bertz CT molecular complexity index is 322. The van der Waals surface area contributed by atoms with Gasteiger partial charge in [0, 0.05) is 19.6 Å². The van der Waals surface area contributed by atoms with Gasteiger partial charge in [-0.3, -0.25) is 9.69 Å². The minimum atomic E-state index is -0.180. The van der Waals surface area contributed by atoms with Crippen LogP contribution in [0.5, 0.6) is 0 Å². The zero-order valence-electron chi connectivity index (χ0n) is 10.5. The molecule has 0 bridgehead atoms. The SMILES string of the molecule is CC1(C#N)CCN(CC(=O)NCC2CC2)CC1. The summed E-state index contributed by atoms with van der Waals surface area (Å²) in [4.78, 5) is 13.8. The lowest BCUT2D eigenvalue weighted by molar-refractivity contribution is -0.122. The second-order valence-electron chi connectivity index (χ2n) is 5.70. The van der Waals surface area contributed by atoms with E-state index in [0.29, 0.717) is 6.54 Å². The number of likely N-dealkylation sites (tertiary alicyclic amines) is 1. The molecule has 1 saturated heterocycles. The Kier molecular flexibility index (Phi) is 3.68. The molecule has 0 aromatic carbocycles. The van der Waals surface area contributed by atoms with Crippen molar-refractivity contribution >= 4 is 5.91 Å². The maximum atomic E-state index is 11.7. The normalized spacial score (nSPS) is 24.0.